The van der Waals surface area contributed by atoms with Gasteiger partial charge in [0.2, 0.25) is 15.9 Å². The van der Waals surface area contributed by atoms with Crippen molar-refractivity contribution in [3.8, 4) is 0 Å². The van der Waals surface area contributed by atoms with Gasteiger partial charge in [-0.25, -0.2) is 8.42 Å². The molecule has 9 heteroatoms. The van der Waals surface area contributed by atoms with Crippen LogP contribution in [0.25, 0.3) is 11.0 Å². The second-order valence-electron chi connectivity index (χ2n) is 5.18. The Labute approximate surface area is 132 Å². The van der Waals surface area contributed by atoms with Gasteiger partial charge in [0, 0.05) is 26.1 Å². The molecule has 0 radical (unpaired) electrons. The molecular weight excluding hydrogens is 324 g/mol. The number of piperidine rings is 1. The van der Waals surface area contributed by atoms with Gasteiger partial charge in [0.05, 0.1) is 11.7 Å². The van der Waals surface area contributed by atoms with Crippen LogP contribution < -0.4 is 5.32 Å². The van der Waals surface area contributed by atoms with Crippen molar-refractivity contribution in [1.82, 2.24) is 18.4 Å². The van der Waals surface area contributed by atoms with E-state index in [9.17, 15) is 13.2 Å². The average Bonchev–Trinajstić information content (AvgIpc) is 3.02. The highest BCUT2D eigenvalue weighted by molar-refractivity contribution is 7.89. The van der Waals surface area contributed by atoms with Gasteiger partial charge in [0.15, 0.2) is 0 Å². The Hall–Kier alpha value is -1.58. The lowest BCUT2D eigenvalue weighted by atomic mass is 9.97. The molecule has 1 aliphatic rings. The lowest BCUT2D eigenvalue weighted by Crippen LogP contribution is -2.42. The minimum Gasteiger partial charge on any atom is -0.359 e. The Morgan fingerprint density at radius 3 is 2.73 bits per heavy atom. The summed E-state index contributed by atoms with van der Waals surface area (Å²) < 4.78 is 35.2. The lowest BCUT2D eigenvalue weighted by molar-refractivity contribution is -0.125. The quantitative estimate of drug-likeness (QED) is 0.894. The normalized spacial score (nSPS) is 17.7. The fourth-order valence-corrected chi connectivity index (χ4v) is 4.91. The molecule has 1 aromatic carbocycles. The summed E-state index contributed by atoms with van der Waals surface area (Å²) in [6.07, 6.45) is 1.06. The van der Waals surface area contributed by atoms with Crippen molar-refractivity contribution in [3.05, 3.63) is 18.2 Å². The standard InChI is InChI=1S/C13H16N4O3S2/c1-14-13(18)9-5-7-17(8-6-9)22(19,20)11-4-2-3-10-12(11)16-21-15-10/h2-4,9H,5-8H2,1H3,(H,14,18). The number of aromatic nitrogens is 2. The van der Waals surface area contributed by atoms with Crippen LogP contribution in [0.1, 0.15) is 12.8 Å². The molecular formula is C13H16N4O3S2. The van der Waals surface area contributed by atoms with Gasteiger partial charge in [-0.05, 0) is 25.0 Å². The SMILES string of the molecule is CNC(=O)C1CCN(S(=O)(=O)c2cccc3nsnc23)CC1. The third-order valence-electron chi connectivity index (χ3n) is 3.94. The molecule has 1 saturated heterocycles. The topological polar surface area (TPSA) is 92.3 Å². The predicted octanol–water partition coefficient (Wildman–Crippen LogP) is 0.838. The molecule has 0 saturated carbocycles. The molecule has 1 fully saturated rings. The Morgan fingerprint density at radius 2 is 2.05 bits per heavy atom. The number of sulfonamides is 1. The van der Waals surface area contributed by atoms with Crippen LogP contribution in [-0.2, 0) is 14.8 Å². The minimum atomic E-state index is -3.61. The van der Waals surface area contributed by atoms with Crippen LogP contribution >= 0.6 is 11.7 Å². The van der Waals surface area contributed by atoms with Crippen molar-refractivity contribution in [3.63, 3.8) is 0 Å². The number of carbonyl (C=O) groups excluding carboxylic acids is 1. The van der Waals surface area contributed by atoms with Crippen molar-refractivity contribution in [1.29, 1.82) is 0 Å². The Kier molecular flexibility index (Phi) is 4.11. The van der Waals surface area contributed by atoms with Crippen molar-refractivity contribution < 1.29 is 13.2 Å². The monoisotopic (exact) mass is 340 g/mol. The van der Waals surface area contributed by atoms with Crippen LogP contribution in [0.2, 0.25) is 0 Å². The fourth-order valence-electron chi connectivity index (χ4n) is 2.69. The van der Waals surface area contributed by atoms with E-state index in [1.165, 1.54) is 4.31 Å². The number of nitrogens with one attached hydrogen (secondary N) is 1. The van der Waals surface area contributed by atoms with E-state index >= 15 is 0 Å². The number of hydrogen-bond acceptors (Lipinski definition) is 6. The van der Waals surface area contributed by atoms with E-state index in [1.54, 1.807) is 25.2 Å². The predicted molar refractivity (Wildman–Crippen MR) is 83.0 cm³/mol. The molecule has 1 aliphatic heterocycles. The molecule has 2 aromatic rings. The highest BCUT2D eigenvalue weighted by atomic mass is 32.2. The number of amides is 1. The first kappa shape index (κ1) is 15.3. The zero-order valence-corrected chi connectivity index (χ0v) is 13.7. The highest BCUT2D eigenvalue weighted by Gasteiger charge is 2.33. The van der Waals surface area contributed by atoms with E-state index in [4.69, 9.17) is 0 Å². The lowest BCUT2D eigenvalue weighted by Gasteiger charge is -2.30. The van der Waals surface area contributed by atoms with Crippen LogP contribution in [0, 0.1) is 5.92 Å². The third-order valence-corrected chi connectivity index (χ3v) is 6.41. The number of nitrogens with zero attached hydrogens (tertiary/aromatic N) is 3. The molecule has 118 valence electrons. The van der Waals surface area contributed by atoms with Gasteiger partial charge in [-0.1, -0.05) is 6.07 Å². The molecule has 2 heterocycles. The summed E-state index contributed by atoms with van der Waals surface area (Å²) in [5.74, 6) is -0.143. The van der Waals surface area contributed by atoms with E-state index < -0.39 is 10.0 Å². The molecule has 22 heavy (non-hydrogen) atoms. The molecule has 1 N–H and O–H groups in total. The Balaban J connectivity index is 1.86. The summed E-state index contributed by atoms with van der Waals surface area (Å²) in [4.78, 5) is 11.8. The van der Waals surface area contributed by atoms with Crippen molar-refractivity contribution in [2.75, 3.05) is 20.1 Å². The summed E-state index contributed by atoms with van der Waals surface area (Å²) in [7, 11) is -2.01. The summed E-state index contributed by atoms with van der Waals surface area (Å²) >= 11 is 1.00. The van der Waals surface area contributed by atoms with Crippen molar-refractivity contribution in [2.45, 2.75) is 17.7 Å². The van der Waals surface area contributed by atoms with Gasteiger partial charge in [-0.15, -0.1) is 0 Å². The molecule has 0 spiro atoms. The number of carbonyl (C=O) groups is 1. The van der Waals surface area contributed by atoms with Gasteiger partial charge in [-0.3, -0.25) is 4.79 Å². The highest BCUT2D eigenvalue weighted by Crippen LogP contribution is 2.27. The molecule has 0 aliphatic carbocycles. The molecule has 0 unspecified atom stereocenters. The maximum absolute atomic E-state index is 12.8. The maximum atomic E-state index is 12.8. The van der Waals surface area contributed by atoms with Gasteiger partial charge in [-0.2, -0.15) is 13.1 Å². The molecule has 1 aromatic heterocycles. The summed E-state index contributed by atoms with van der Waals surface area (Å²) in [5, 5.41) is 2.62. The molecule has 7 nitrogen and oxygen atoms in total. The van der Waals surface area contributed by atoms with Crippen LogP contribution in [0.4, 0.5) is 0 Å². The fraction of sp³-hybridized carbons (Fsp3) is 0.462. The molecule has 0 atom stereocenters. The second-order valence-corrected chi connectivity index (χ2v) is 7.62. The first-order valence-electron chi connectivity index (χ1n) is 6.97. The molecule has 1 amide bonds. The minimum absolute atomic E-state index is 0.0251. The van der Waals surface area contributed by atoms with Gasteiger partial charge < -0.3 is 5.32 Å². The van der Waals surface area contributed by atoms with Crippen LogP contribution in [-0.4, -0.2) is 47.5 Å². The van der Waals surface area contributed by atoms with E-state index in [0.29, 0.717) is 37.0 Å². The average molecular weight is 340 g/mol. The number of rotatable bonds is 3. The number of hydrogen-bond donors (Lipinski definition) is 1. The van der Waals surface area contributed by atoms with Crippen LogP contribution in [0.3, 0.4) is 0 Å². The van der Waals surface area contributed by atoms with Crippen LogP contribution in [0.15, 0.2) is 23.1 Å². The first-order valence-corrected chi connectivity index (χ1v) is 9.14. The van der Waals surface area contributed by atoms with Crippen LogP contribution in [0.5, 0.6) is 0 Å². The smallest absolute Gasteiger partial charge is 0.245 e. The third kappa shape index (κ3) is 2.59. The Morgan fingerprint density at radius 1 is 1.32 bits per heavy atom. The number of benzene rings is 1. The number of fused-ring (bicyclic) bond motifs is 1. The van der Waals surface area contributed by atoms with Gasteiger partial charge in [0.25, 0.3) is 0 Å². The van der Waals surface area contributed by atoms with Crippen molar-refractivity contribution >= 4 is 38.7 Å². The van der Waals surface area contributed by atoms with Crippen molar-refractivity contribution in [2.24, 2.45) is 5.92 Å². The second kappa shape index (κ2) is 5.90. The van der Waals surface area contributed by atoms with Gasteiger partial charge >= 0.3 is 0 Å². The Bertz CT molecular complexity index is 794. The summed E-state index contributed by atoms with van der Waals surface area (Å²) in [5.41, 5.74) is 1.01. The van der Waals surface area contributed by atoms with Gasteiger partial charge in [0.1, 0.15) is 15.9 Å². The first-order chi connectivity index (χ1) is 10.5. The summed E-state index contributed by atoms with van der Waals surface area (Å²) in [6, 6.07) is 4.98. The van der Waals surface area contributed by atoms with E-state index in [1.807, 2.05) is 0 Å². The van der Waals surface area contributed by atoms with E-state index in [-0.39, 0.29) is 16.7 Å². The molecule has 0 bridgehead atoms. The largest absolute Gasteiger partial charge is 0.359 e. The van der Waals surface area contributed by atoms with E-state index in [0.717, 1.165) is 11.7 Å². The summed E-state index contributed by atoms with van der Waals surface area (Å²) in [6.45, 7) is 0.683. The zero-order chi connectivity index (χ0) is 15.7. The van der Waals surface area contributed by atoms with E-state index in [2.05, 4.69) is 14.1 Å². The zero-order valence-electron chi connectivity index (χ0n) is 12.0. The maximum Gasteiger partial charge on any atom is 0.245 e. The molecule has 3 rings (SSSR count).